The fraction of sp³-hybridized carbons (Fsp3) is 0.400. The van der Waals surface area contributed by atoms with E-state index in [0.29, 0.717) is 18.2 Å². The van der Waals surface area contributed by atoms with Crippen molar-refractivity contribution in [3.05, 3.63) is 60.4 Å². The van der Waals surface area contributed by atoms with Gasteiger partial charge in [-0.1, -0.05) is 18.6 Å². The van der Waals surface area contributed by atoms with Crippen LogP contribution in [0.3, 0.4) is 0 Å². The standard InChI is InChI=1S/C25H26FN3O/c26-22-9-21(14-27-16-22)17-4-5-18-15-28-23(10-19(18)8-17)13-25(30)20-11-24(12-20)29-6-2-1-3-7-29/h4-5,8-10,14-16,20,24H,1-3,6-7,11-13H2. The third kappa shape index (κ3) is 3.99. The van der Waals surface area contributed by atoms with Crippen LogP contribution < -0.4 is 0 Å². The van der Waals surface area contributed by atoms with Crippen molar-refractivity contribution in [1.29, 1.82) is 0 Å². The molecule has 1 aliphatic carbocycles. The highest BCUT2D eigenvalue weighted by Gasteiger charge is 2.37. The van der Waals surface area contributed by atoms with Crippen molar-refractivity contribution in [3.8, 4) is 11.1 Å². The molecule has 0 bridgehead atoms. The lowest BCUT2D eigenvalue weighted by atomic mass is 9.75. The Balaban J connectivity index is 1.27. The molecule has 0 N–H and O–H groups in total. The lowest BCUT2D eigenvalue weighted by Crippen LogP contribution is -2.49. The molecule has 1 saturated heterocycles. The van der Waals surface area contributed by atoms with Gasteiger partial charge in [-0.2, -0.15) is 0 Å². The predicted octanol–water partition coefficient (Wildman–Crippen LogP) is 4.81. The molecule has 0 atom stereocenters. The average molecular weight is 404 g/mol. The summed E-state index contributed by atoms with van der Waals surface area (Å²) in [4.78, 5) is 23.8. The highest BCUT2D eigenvalue weighted by molar-refractivity contribution is 5.89. The molecule has 5 heteroatoms. The zero-order valence-corrected chi connectivity index (χ0v) is 17.1. The second-order valence-corrected chi connectivity index (χ2v) is 8.69. The van der Waals surface area contributed by atoms with Crippen molar-refractivity contribution >= 4 is 16.6 Å². The highest BCUT2D eigenvalue weighted by atomic mass is 19.1. The van der Waals surface area contributed by atoms with Gasteiger partial charge in [-0.25, -0.2) is 4.39 Å². The minimum Gasteiger partial charge on any atom is -0.300 e. The van der Waals surface area contributed by atoms with Crippen LogP contribution in [0.2, 0.25) is 0 Å². The van der Waals surface area contributed by atoms with Crippen LogP contribution in [0.5, 0.6) is 0 Å². The van der Waals surface area contributed by atoms with Crippen molar-refractivity contribution in [2.75, 3.05) is 13.1 Å². The monoisotopic (exact) mass is 403 g/mol. The summed E-state index contributed by atoms with van der Waals surface area (Å²) in [6, 6.07) is 10.0. The maximum atomic E-state index is 13.5. The van der Waals surface area contributed by atoms with Gasteiger partial charge in [0.05, 0.1) is 6.20 Å². The molecule has 2 aliphatic rings. The van der Waals surface area contributed by atoms with Gasteiger partial charge in [0, 0.05) is 47.4 Å². The SMILES string of the molecule is O=C(Cc1cc2cc(-c3cncc(F)c3)ccc2cn1)C1CC(N2CCCCC2)C1. The van der Waals surface area contributed by atoms with E-state index in [4.69, 9.17) is 0 Å². The quantitative estimate of drug-likeness (QED) is 0.613. The Morgan fingerprint density at radius 2 is 1.80 bits per heavy atom. The van der Waals surface area contributed by atoms with Crippen molar-refractivity contribution in [2.45, 2.75) is 44.6 Å². The number of aromatic nitrogens is 2. The van der Waals surface area contributed by atoms with E-state index < -0.39 is 0 Å². The van der Waals surface area contributed by atoms with Crippen LogP contribution in [0.25, 0.3) is 21.9 Å². The number of halogens is 1. The summed E-state index contributed by atoms with van der Waals surface area (Å²) in [5.41, 5.74) is 2.45. The summed E-state index contributed by atoms with van der Waals surface area (Å²) >= 11 is 0. The number of fused-ring (bicyclic) bond motifs is 1. The number of nitrogens with zero attached hydrogens (tertiary/aromatic N) is 3. The molecule has 4 nitrogen and oxygen atoms in total. The van der Waals surface area contributed by atoms with E-state index in [-0.39, 0.29) is 11.7 Å². The molecule has 3 heterocycles. The van der Waals surface area contributed by atoms with E-state index in [9.17, 15) is 9.18 Å². The summed E-state index contributed by atoms with van der Waals surface area (Å²) in [5.74, 6) is 0.136. The number of hydrogen-bond acceptors (Lipinski definition) is 4. The maximum absolute atomic E-state index is 13.5. The Kier molecular flexibility index (Phi) is 5.30. The summed E-state index contributed by atoms with van der Waals surface area (Å²) in [7, 11) is 0. The number of ketones is 1. The summed E-state index contributed by atoms with van der Waals surface area (Å²) in [5, 5.41) is 2.02. The number of benzene rings is 1. The topological polar surface area (TPSA) is 46.1 Å². The molecule has 1 saturated carbocycles. The van der Waals surface area contributed by atoms with Crippen LogP contribution in [0.4, 0.5) is 4.39 Å². The Morgan fingerprint density at radius 3 is 2.60 bits per heavy atom. The number of Topliss-reactive ketones (excluding diaryl/α,β-unsaturated/α-hetero) is 1. The lowest BCUT2D eigenvalue weighted by Gasteiger charge is -2.44. The third-order valence-corrected chi connectivity index (χ3v) is 6.65. The van der Waals surface area contributed by atoms with Gasteiger partial charge < -0.3 is 4.90 Å². The molecule has 5 rings (SSSR count). The molecule has 0 radical (unpaired) electrons. The molecule has 30 heavy (non-hydrogen) atoms. The molecule has 2 aromatic heterocycles. The molecule has 154 valence electrons. The highest BCUT2D eigenvalue weighted by Crippen LogP contribution is 2.34. The first-order valence-corrected chi connectivity index (χ1v) is 10.9. The predicted molar refractivity (Wildman–Crippen MR) is 116 cm³/mol. The molecule has 2 fully saturated rings. The van der Waals surface area contributed by atoms with Gasteiger partial charge >= 0.3 is 0 Å². The number of piperidine rings is 1. The second-order valence-electron chi connectivity index (χ2n) is 8.69. The molecule has 3 aromatic rings. The van der Waals surface area contributed by atoms with Crippen molar-refractivity contribution in [2.24, 2.45) is 5.92 Å². The molecule has 0 amide bonds. The van der Waals surface area contributed by atoms with Crippen molar-refractivity contribution < 1.29 is 9.18 Å². The van der Waals surface area contributed by atoms with Crippen molar-refractivity contribution in [1.82, 2.24) is 14.9 Å². The minimum atomic E-state index is -0.350. The van der Waals surface area contributed by atoms with Gasteiger partial charge in [-0.15, -0.1) is 0 Å². The molecule has 0 spiro atoms. The van der Waals surface area contributed by atoms with Gasteiger partial charge in [0.25, 0.3) is 0 Å². The summed E-state index contributed by atoms with van der Waals surface area (Å²) < 4.78 is 13.5. The van der Waals surface area contributed by atoms with E-state index in [1.807, 2.05) is 30.5 Å². The summed E-state index contributed by atoms with van der Waals surface area (Å²) in [6.07, 6.45) is 11.0. The van der Waals surface area contributed by atoms with Crippen LogP contribution in [-0.4, -0.2) is 39.8 Å². The minimum absolute atomic E-state index is 0.180. The second kappa shape index (κ2) is 8.23. The first-order chi connectivity index (χ1) is 14.7. The first-order valence-electron chi connectivity index (χ1n) is 10.9. The van der Waals surface area contributed by atoms with E-state index in [1.54, 1.807) is 6.20 Å². The Hall–Kier alpha value is -2.66. The van der Waals surface area contributed by atoms with Gasteiger partial charge in [-0.3, -0.25) is 14.8 Å². The zero-order chi connectivity index (χ0) is 20.5. The average Bonchev–Trinajstić information content (AvgIpc) is 2.73. The number of carbonyl (C=O) groups is 1. The Labute approximate surface area is 176 Å². The number of rotatable bonds is 5. The van der Waals surface area contributed by atoms with Crippen LogP contribution >= 0.6 is 0 Å². The number of hydrogen-bond donors (Lipinski definition) is 0. The number of pyridine rings is 2. The van der Waals surface area contributed by atoms with E-state index in [2.05, 4.69) is 14.9 Å². The van der Waals surface area contributed by atoms with E-state index >= 15 is 0 Å². The molecule has 0 unspecified atom stereocenters. The zero-order valence-electron chi connectivity index (χ0n) is 17.1. The Bertz CT molecular complexity index is 1070. The van der Waals surface area contributed by atoms with Crippen molar-refractivity contribution in [3.63, 3.8) is 0 Å². The molecular weight excluding hydrogens is 377 g/mol. The maximum Gasteiger partial charge on any atom is 0.142 e. The molecule has 1 aromatic carbocycles. The van der Waals surface area contributed by atoms with E-state index in [0.717, 1.165) is 40.4 Å². The van der Waals surface area contributed by atoms with Gasteiger partial charge in [0.2, 0.25) is 0 Å². The number of likely N-dealkylation sites (tertiary alicyclic amines) is 1. The summed E-state index contributed by atoms with van der Waals surface area (Å²) in [6.45, 7) is 2.39. The lowest BCUT2D eigenvalue weighted by molar-refractivity contribution is -0.127. The van der Waals surface area contributed by atoms with Crippen LogP contribution in [0.15, 0.2) is 48.9 Å². The third-order valence-electron chi connectivity index (χ3n) is 6.65. The van der Waals surface area contributed by atoms with Gasteiger partial charge in [0.15, 0.2) is 0 Å². The fourth-order valence-electron chi connectivity index (χ4n) is 4.79. The van der Waals surface area contributed by atoms with Gasteiger partial charge in [-0.05, 0) is 67.9 Å². The van der Waals surface area contributed by atoms with E-state index in [1.165, 1.54) is 44.6 Å². The Morgan fingerprint density at radius 1 is 0.967 bits per heavy atom. The van der Waals surface area contributed by atoms with Crippen LogP contribution in [-0.2, 0) is 11.2 Å². The first kappa shape index (κ1) is 19.3. The van der Waals surface area contributed by atoms with Crippen LogP contribution in [0, 0.1) is 11.7 Å². The number of carbonyl (C=O) groups excluding carboxylic acids is 1. The largest absolute Gasteiger partial charge is 0.300 e. The fourth-order valence-corrected chi connectivity index (χ4v) is 4.79. The molecular formula is C25H26FN3O. The normalized spacial score (nSPS) is 22.0. The van der Waals surface area contributed by atoms with Gasteiger partial charge in [0.1, 0.15) is 11.6 Å². The smallest absolute Gasteiger partial charge is 0.142 e. The molecule has 1 aliphatic heterocycles. The van der Waals surface area contributed by atoms with Crippen LogP contribution in [0.1, 0.15) is 37.8 Å².